The summed E-state index contributed by atoms with van der Waals surface area (Å²) < 4.78 is 2.03. The molecule has 9 heteroatoms. The van der Waals surface area contributed by atoms with Crippen LogP contribution in [-0.2, 0) is 23.3 Å². The van der Waals surface area contributed by atoms with Gasteiger partial charge in [-0.05, 0) is 16.7 Å². The summed E-state index contributed by atoms with van der Waals surface area (Å²) in [4.78, 5) is 36.8. The Bertz CT molecular complexity index is 1550. The molecule has 3 aromatic carbocycles. The van der Waals surface area contributed by atoms with Crippen molar-refractivity contribution in [3.63, 3.8) is 0 Å². The third-order valence-electron chi connectivity index (χ3n) is 7.41. The van der Waals surface area contributed by atoms with Crippen LogP contribution in [0.25, 0.3) is 0 Å². The van der Waals surface area contributed by atoms with Crippen molar-refractivity contribution in [1.82, 2.24) is 24.8 Å². The molecular formula is C34H35N5O3S. The van der Waals surface area contributed by atoms with Crippen molar-refractivity contribution in [3.8, 4) is 0 Å². The Morgan fingerprint density at radius 2 is 1.44 bits per heavy atom. The average Bonchev–Trinajstić information content (AvgIpc) is 3.69. The van der Waals surface area contributed by atoms with Gasteiger partial charge in [-0.3, -0.25) is 0 Å². The summed E-state index contributed by atoms with van der Waals surface area (Å²) >= 11 is 1.55. The third kappa shape index (κ3) is 6.36. The second-order valence-electron chi connectivity index (χ2n) is 10.8. The highest BCUT2D eigenvalue weighted by Gasteiger charge is 2.38. The highest BCUT2D eigenvalue weighted by Crippen LogP contribution is 2.40. The van der Waals surface area contributed by atoms with Crippen molar-refractivity contribution in [3.05, 3.63) is 142 Å². The molecule has 2 N–H and O–H groups in total. The lowest BCUT2D eigenvalue weighted by molar-refractivity contribution is -0.139. The molecule has 8 nitrogen and oxygen atoms in total. The van der Waals surface area contributed by atoms with E-state index in [-0.39, 0.29) is 6.42 Å². The lowest BCUT2D eigenvalue weighted by Crippen LogP contribution is -2.47. The van der Waals surface area contributed by atoms with Gasteiger partial charge >= 0.3 is 12.0 Å². The number of hydrogen-bond donors (Lipinski definition) is 2. The van der Waals surface area contributed by atoms with Crippen molar-refractivity contribution in [2.45, 2.75) is 44.3 Å². The predicted octanol–water partition coefficient (Wildman–Crippen LogP) is 6.14. The maximum Gasteiger partial charge on any atom is 0.326 e. The Morgan fingerprint density at radius 3 is 1.91 bits per heavy atom. The van der Waals surface area contributed by atoms with Crippen LogP contribution in [0.15, 0.2) is 110 Å². The van der Waals surface area contributed by atoms with E-state index in [0.29, 0.717) is 18.2 Å². The average molecular weight is 594 g/mol. The first kappa shape index (κ1) is 29.7. The number of carboxylic acids is 1. The molecule has 2 aromatic heterocycles. The molecular weight excluding hydrogens is 558 g/mol. The minimum atomic E-state index is -1.16. The Morgan fingerprint density at radius 1 is 0.907 bits per heavy atom. The van der Waals surface area contributed by atoms with Gasteiger partial charge in [-0.2, -0.15) is 0 Å². The van der Waals surface area contributed by atoms with Crippen LogP contribution in [0, 0.1) is 0 Å². The molecule has 0 aliphatic rings. The quantitative estimate of drug-likeness (QED) is 0.179. The second-order valence-corrected chi connectivity index (χ2v) is 11.9. The number of carbonyl (C=O) groups excluding carboxylic acids is 1. The number of rotatable bonds is 11. The molecule has 0 saturated carbocycles. The summed E-state index contributed by atoms with van der Waals surface area (Å²) in [5.41, 5.74) is 2.88. The summed E-state index contributed by atoms with van der Waals surface area (Å²) in [5.74, 6) is -0.824. The van der Waals surface area contributed by atoms with E-state index in [2.05, 4.69) is 65.5 Å². The molecule has 0 fully saturated rings. The minimum absolute atomic E-state index is 0.0222. The fraction of sp³-hybridized carbons (Fsp3) is 0.235. The lowest BCUT2D eigenvalue weighted by atomic mass is 9.77. The number of nitrogens with zero attached hydrogens (tertiary/aromatic N) is 4. The van der Waals surface area contributed by atoms with Crippen molar-refractivity contribution in [1.29, 1.82) is 0 Å². The highest BCUT2D eigenvalue weighted by atomic mass is 32.1. The summed E-state index contributed by atoms with van der Waals surface area (Å²) in [5, 5.41) is 13.7. The predicted molar refractivity (Wildman–Crippen MR) is 168 cm³/mol. The van der Waals surface area contributed by atoms with Gasteiger partial charge in [0.15, 0.2) is 0 Å². The largest absolute Gasteiger partial charge is 0.480 e. The molecule has 0 saturated heterocycles. The van der Waals surface area contributed by atoms with Crippen LogP contribution in [0.3, 0.4) is 0 Å². The number of carboxylic acid groups (broad SMARTS) is 1. The number of imidazole rings is 1. The van der Waals surface area contributed by atoms with E-state index in [9.17, 15) is 14.7 Å². The summed E-state index contributed by atoms with van der Waals surface area (Å²) in [6, 6.07) is 28.9. The molecule has 5 aromatic rings. The van der Waals surface area contributed by atoms with E-state index in [0.717, 1.165) is 26.6 Å². The lowest BCUT2D eigenvalue weighted by Gasteiger charge is -2.37. The van der Waals surface area contributed by atoms with Gasteiger partial charge < -0.3 is 19.9 Å². The van der Waals surface area contributed by atoms with Crippen LogP contribution in [0.2, 0.25) is 0 Å². The molecule has 0 spiro atoms. The zero-order valence-corrected chi connectivity index (χ0v) is 25.2. The number of carbonyl (C=O) groups is 2. The van der Waals surface area contributed by atoms with Gasteiger partial charge in [-0.25, -0.2) is 19.6 Å². The first-order valence-corrected chi connectivity index (χ1v) is 15.0. The number of aliphatic carboxylic acids is 1. The normalized spacial score (nSPS) is 12.2. The first-order valence-electron chi connectivity index (χ1n) is 14.2. The molecule has 1 atom stereocenters. The summed E-state index contributed by atoms with van der Waals surface area (Å²) in [6.07, 6.45) is 5.41. The first-order chi connectivity index (χ1) is 20.8. The molecule has 0 aliphatic carbocycles. The molecule has 0 bridgehead atoms. The maximum absolute atomic E-state index is 13.0. The number of thiazole rings is 1. The van der Waals surface area contributed by atoms with Crippen LogP contribution in [0.4, 0.5) is 4.79 Å². The monoisotopic (exact) mass is 593 g/mol. The Balaban J connectivity index is 1.44. The van der Waals surface area contributed by atoms with E-state index in [1.165, 1.54) is 4.90 Å². The van der Waals surface area contributed by atoms with Gasteiger partial charge in [0.25, 0.3) is 0 Å². The molecule has 2 amide bonds. The molecule has 1 unspecified atom stereocenters. The van der Waals surface area contributed by atoms with Crippen molar-refractivity contribution in [2.75, 3.05) is 7.05 Å². The van der Waals surface area contributed by atoms with Crippen LogP contribution >= 0.6 is 11.3 Å². The number of benzene rings is 3. The fourth-order valence-electron chi connectivity index (χ4n) is 5.27. The van der Waals surface area contributed by atoms with Gasteiger partial charge in [0, 0.05) is 36.7 Å². The molecule has 5 rings (SSSR count). The Kier molecular flexibility index (Phi) is 9.01. The van der Waals surface area contributed by atoms with Gasteiger partial charge in [0.1, 0.15) is 11.6 Å². The van der Waals surface area contributed by atoms with E-state index in [4.69, 9.17) is 0 Å². The fourth-order valence-corrected chi connectivity index (χ4v) is 6.25. The van der Waals surface area contributed by atoms with Crippen molar-refractivity contribution >= 4 is 23.3 Å². The number of nitrogens with one attached hydrogen (secondary N) is 1. The molecule has 220 valence electrons. The Labute approximate surface area is 255 Å². The molecule has 0 aliphatic heterocycles. The number of hydrogen-bond acceptors (Lipinski definition) is 5. The number of aromatic nitrogens is 3. The van der Waals surface area contributed by atoms with Gasteiger partial charge in [0.05, 0.1) is 23.6 Å². The van der Waals surface area contributed by atoms with Crippen LogP contribution in [0.1, 0.15) is 52.0 Å². The van der Waals surface area contributed by atoms with Crippen molar-refractivity contribution < 1.29 is 14.7 Å². The number of amides is 2. The molecule has 43 heavy (non-hydrogen) atoms. The second kappa shape index (κ2) is 13.0. The molecule has 0 radical (unpaired) electrons. The standard InChI is InChI=1S/C34H35N5O3S/c1-24(2)31-35-20-29(43-31)22-38(3)33(42)37-30(32(40)41)19-28-21-39(23-36-28)34(25-13-7-4-8-14-25,26-15-9-5-10-16-26)27-17-11-6-12-18-27/h4-18,20-21,23-24,30H,19,22H2,1-3H3,(H,37,42)(H,40,41). The van der Waals surface area contributed by atoms with Gasteiger partial charge in [0.2, 0.25) is 0 Å². The zero-order chi connectivity index (χ0) is 30.4. The van der Waals surface area contributed by atoms with Gasteiger partial charge in [-0.15, -0.1) is 11.3 Å². The van der Waals surface area contributed by atoms with Gasteiger partial charge in [-0.1, -0.05) is 105 Å². The number of urea groups is 1. The third-order valence-corrected chi connectivity index (χ3v) is 8.69. The SMILES string of the molecule is CC(C)c1ncc(CN(C)C(=O)NC(Cc2cn(C(c3ccccc3)(c3ccccc3)c3ccccc3)cn2)C(=O)O)s1. The smallest absolute Gasteiger partial charge is 0.326 e. The Hall–Kier alpha value is -4.76. The van der Waals surface area contributed by atoms with Crippen LogP contribution < -0.4 is 5.32 Å². The van der Waals surface area contributed by atoms with E-state index < -0.39 is 23.6 Å². The van der Waals surface area contributed by atoms with E-state index >= 15 is 0 Å². The van der Waals surface area contributed by atoms with E-state index in [1.54, 1.807) is 30.9 Å². The molecule has 2 heterocycles. The maximum atomic E-state index is 13.0. The van der Waals surface area contributed by atoms with Crippen LogP contribution in [0.5, 0.6) is 0 Å². The topological polar surface area (TPSA) is 100 Å². The van der Waals surface area contributed by atoms with Crippen LogP contribution in [-0.4, -0.2) is 49.6 Å². The van der Waals surface area contributed by atoms with E-state index in [1.807, 2.05) is 65.4 Å². The zero-order valence-electron chi connectivity index (χ0n) is 24.4. The minimum Gasteiger partial charge on any atom is -0.480 e. The van der Waals surface area contributed by atoms with Crippen molar-refractivity contribution in [2.24, 2.45) is 0 Å². The highest BCUT2D eigenvalue weighted by molar-refractivity contribution is 7.11. The summed E-state index contributed by atoms with van der Waals surface area (Å²) in [6.45, 7) is 4.48. The summed E-state index contributed by atoms with van der Waals surface area (Å²) in [7, 11) is 1.64.